The minimum Gasteiger partial charge on any atom is -0.376 e. The monoisotopic (exact) mass is 392 g/mol. The second-order valence-electron chi connectivity index (χ2n) is 7.93. The normalized spacial score (nSPS) is 22.2. The SMILES string of the molecule is CCc1ccc2c(c1)[C@@](O)(c1ccccc1)c1ccccc1[C@]2(O)c1ccccc1. The molecular weight excluding hydrogens is 368 g/mol. The second-order valence-corrected chi connectivity index (χ2v) is 7.93. The third-order valence-electron chi connectivity index (χ3n) is 6.36. The fourth-order valence-electron chi connectivity index (χ4n) is 4.81. The van der Waals surface area contributed by atoms with Gasteiger partial charge in [-0.05, 0) is 45.4 Å². The van der Waals surface area contributed by atoms with Crippen molar-refractivity contribution in [3.05, 3.63) is 142 Å². The van der Waals surface area contributed by atoms with E-state index in [0.717, 1.165) is 34.2 Å². The molecule has 0 aliphatic heterocycles. The maximum absolute atomic E-state index is 12.3. The van der Waals surface area contributed by atoms with E-state index in [0.29, 0.717) is 11.1 Å². The summed E-state index contributed by atoms with van der Waals surface area (Å²) in [7, 11) is 0. The van der Waals surface area contributed by atoms with E-state index in [9.17, 15) is 10.2 Å². The third-order valence-corrected chi connectivity index (χ3v) is 6.36. The Morgan fingerprint density at radius 1 is 0.533 bits per heavy atom. The fraction of sp³-hybridized carbons (Fsp3) is 0.143. The summed E-state index contributed by atoms with van der Waals surface area (Å²) in [5.74, 6) is 0. The highest BCUT2D eigenvalue weighted by Gasteiger charge is 2.50. The van der Waals surface area contributed by atoms with Gasteiger partial charge in [-0.1, -0.05) is 110 Å². The lowest BCUT2D eigenvalue weighted by Gasteiger charge is -2.45. The molecule has 2 nitrogen and oxygen atoms in total. The van der Waals surface area contributed by atoms with Crippen molar-refractivity contribution in [2.45, 2.75) is 24.5 Å². The van der Waals surface area contributed by atoms with Crippen molar-refractivity contribution in [1.82, 2.24) is 0 Å². The number of fused-ring (bicyclic) bond motifs is 2. The van der Waals surface area contributed by atoms with Crippen LogP contribution in [0.4, 0.5) is 0 Å². The Morgan fingerprint density at radius 3 is 1.47 bits per heavy atom. The maximum atomic E-state index is 12.3. The highest BCUT2D eigenvalue weighted by Crippen LogP contribution is 2.53. The molecule has 0 fully saturated rings. The minimum absolute atomic E-state index is 0.708. The van der Waals surface area contributed by atoms with Crippen molar-refractivity contribution >= 4 is 0 Å². The number of aryl methyl sites for hydroxylation is 1. The largest absolute Gasteiger partial charge is 0.376 e. The molecule has 1 aliphatic carbocycles. The molecule has 0 radical (unpaired) electrons. The van der Waals surface area contributed by atoms with E-state index >= 15 is 0 Å². The molecule has 0 heterocycles. The van der Waals surface area contributed by atoms with Gasteiger partial charge in [-0.2, -0.15) is 0 Å². The van der Waals surface area contributed by atoms with Crippen LogP contribution in [-0.2, 0) is 17.6 Å². The van der Waals surface area contributed by atoms with Crippen LogP contribution in [0.5, 0.6) is 0 Å². The summed E-state index contributed by atoms with van der Waals surface area (Å²) in [6.07, 6.45) is 0.851. The molecule has 0 amide bonds. The molecule has 0 saturated heterocycles. The predicted octanol–water partition coefficient (Wildman–Crippen LogP) is 5.13. The van der Waals surface area contributed by atoms with Crippen molar-refractivity contribution in [2.75, 3.05) is 0 Å². The summed E-state index contributed by atoms with van der Waals surface area (Å²) in [6, 6.07) is 33.2. The Bertz CT molecular complexity index is 1200. The van der Waals surface area contributed by atoms with E-state index < -0.39 is 11.2 Å². The van der Waals surface area contributed by atoms with Gasteiger partial charge in [0.05, 0.1) is 0 Å². The highest BCUT2D eigenvalue weighted by molar-refractivity contribution is 5.65. The molecule has 30 heavy (non-hydrogen) atoms. The molecule has 0 unspecified atom stereocenters. The Kier molecular flexibility index (Phi) is 4.35. The molecule has 4 aromatic carbocycles. The van der Waals surface area contributed by atoms with Crippen LogP contribution >= 0.6 is 0 Å². The van der Waals surface area contributed by atoms with Crippen LogP contribution in [-0.4, -0.2) is 10.2 Å². The van der Waals surface area contributed by atoms with Gasteiger partial charge in [0.2, 0.25) is 0 Å². The topological polar surface area (TPSA) is 40.5 Å². The van der Waals surface area contributed by atoms with E-state index in [4.69, 9.17) is 0 Å². The summed E-state index contributed by atoms with van der Waals surface area (Å²) in [6.45, 7) is 2.10. The van der Waals surface area contributed by atoms with E-state index in [1.165, 1.54) is 0 Å². The Balaban J connectivity index is 1.92. The lowest BCUT2D eigenvalue weighted by Crippen LogP contribution is -2.44. The zero-order chi connectivity index (χ0) is 20.8. The van der Waals surface area contributed by atoms with Crippen molar-refractivity contribution in [2.24, 2.45) is 0 Å². The molecule has 5 rings (SSSR count). The van der Waals surface area contributed by atoms with Crippen LogP contribution in [0.15, 0.2) is 103 Å². The molecule has 2 atom stereocenters. The van der Waals surface area contributed by atoms with Crippen molar-refractivity contribution in [3.63, 3.8) is 0 Å². The number of rotatable bonds is 3. The third kappa shape index (κ3) is 2.51. The van der Waals surface area contributed by atoms with Gasteiger partial charge < -0.3 is 10.2 Å². The van der Waals surface area contributed by atoms with E-state index in [1.807, 2.05) is 103 Å². The van der Waals surface area contributed by atoms with E-state index in [1.54, 1.807) is 0 Å². The first-order valence-corrected chi connectivity index (χ1v) is 10.4. The van der Waals surface area contributed by atoms with Gasteiger partial charge in [-0.25, -0.2) is 0 Å². The van der Waals surface area contributed by atoms with Gasteiger partial charge >= 0.3 is 0 Å². The Hall–Kier alpha value is -3.20. The molecule has 0 aromatic heterocycles. The first-order chi connectivity index (χ1) is 14.6. The van der Waals surface area contributed by atoms with E-state index in [-0.39, 0.29) is 0 Å². The van der Waals surface area contributed by atoms with Gasteiger partial charge in [0.1, 0.15) is 11.2 Å². The van der Waals surface area contributed by atoms with Crippen LogP contribution < -0.4 is 0 Å². The number of hydrogen-bond acceptors (Lipinski definition) is 2. The van der Waals surface area contributed by atoms with Crippen molar-refractivity contribution in [1.29, 1.82) is 0 Å². The number of aliphatic hydroxyl groups is 2. The number of benzene rings is 4. The smallest absolute Gasteiger partial charge is 0.141 e. The minimum atomic E-state index is -1.35. The number of hydrogen-bond donors (Lipinski definition) is 2. The lowest BCUT2D eigenvalue weighted by molar-refractivity contribution is 0.0747. The summed E-state index contributed by atoms with van der Waals surface area (Å²) in [5, 5.41) is 24.6. The lowest BCUT2D eigenvalue weighted by atomic mass is 9.63. The molecular formula is C28H24O2. The zero-order valence-electron chi connectivity index (χ0n) is 16.9. The quantitative estimate of drug-likeness (QED) is 0.507. The van der Waals surface area contributed by atoms with Crippen LogP contribution in [0.2, 0.25) is 0 Å². The average Bonchev–Trinajstić information content (AvgIpc) is 2.83. The molecule has 0 saturated carbocycles. The van der Waals surface area contributed by atoms with Crippen LogP contribution in [0.1, 0.15) is 45.9 Å². The zero-order valence-corrected chi connectivity index (χ0v) is 16.9. The molecule has 4 aromatic rings. The first kappa shape index (κ1) is 18.8. The fourth-order valence-corrected chi connectivity index (χ4v) is 4.81. The van der Waals surface area contributed by atoms with Gasteiger partial charge in [0.15, 0.2) is 0 Å². The van der Waals surface area contributed by atoms with Gasteiger partial charge in [0, 0.05) is 0 Å². The standard InChI is InChI=1S/C28H24O2/c1-2-20-17-18-25-26(19-20)28(30,22-13-7-4-8-14-22)24-16-10-9-15-23(24)27(25,29)21-11-5-3-6-12-21/h3-19,29-30H,2H2,1H3/t27-,28-/m1/s1. The second kappa shape index (κ2) is 6.94. The first-order valence-electron chi connectivity index (χ1n) is 10.4. The Morgan fingerprint density at radius 2 is 0.967 bits per heavy atom. The molecule has 2 N–H and O–H groups in total. The molecule has 1 aliphatic rings. The predicted molar refractivity (Wildman–Crippen MR) is 119 cm³/mol. The summed E-state index contributed by atoms with van der Waals surface area (Å²) in [5.41, 5.74) is 2.88. The van der Waals surface area contributed by atoms with Crippen LogP contribution in [0.3, 0.4) is 0 Å². The van der Waals surface area contributed by atoms with Crippen molar-refractivity contribution < 1.29 is 10.2 Å². The van der Waals surface area contributed by atoms with Gasteiger partial charge in [-0.15, -0.1) is 0 Å². The molecule has 148 valence electrons. The highest BCUT2D eigenvalue weighted by atomic mass is 16.3. The van der Waals surface area contributed by atoms with Crippen LogP contribution in [0.25, 0.3) is 0 Å². The van der Waals surface area contributed by atoms with Gasteiger partial charge in [0.25, 0.3) is 0 Å². The van der Waals surface area contributed by atoms with Gasteiger partial charge in [-0.3, -0.25) is 0 Å². The van der Waals surface area contributed by atoms with Crippen molar-refractivity contribution in [3.8, 4) is 0 Å². The van der Waals surface area contributed by atoms with E-state index in [2.05, 4.69) is 6.92 Å². The molecule has 0 spiro atoms. The summed E-state index contributed by atoms with van der Waals surface area (Å²) < 4.78 is 0. The maximum Gasteiger partial charge on any atom is 0.141 e. The summed E-state index contributed by atoms with van der Waals surface area (Å²) in [4.78, 5) is 0. The summed E-state index contributed by atoms with van der Waals surface area (Å²) >= 11 is 0. The average molecular weight is 392 g/mol. The molecule has 0 bridgehead atoms. The Labute approximate surface area is 177 Å². The van der Waals surface area contributed by atoms with Crippen LogP contribution in [0, 0.1) is 0 Å². The molecule has 2 heteroatoms.